The van der Waals surface area contributed by atoms with E-state index in [0.717, 1.165) is 5.69 Å². The molecule has 9 nitrogen and oxygen atoms in total. The van der Waals surface area contributed by atoms with Gasteiger partial charge in [0.2, 0.25) is 5.84 Å². The fourth-order valence-electron chi connectivity index (χ4n) is 1.81. The minimum Gasteiger partial charge on any atom is -0.409 e. The maximum absolute atomic E-state index is 8.77. The van der Waals surface area contributed by atoms with Gasteiger partial charge in [-0.3, -0.25) is 4.57 Å². The van der Waals surface area contributed by atoms with Gasteiger partial charge in [-0.05, 0) is 6.92 Å². The lowest BCUT2D eigenvalue weighted by atomic mass is 10.4. The zero-order chi connectivity index (χ0) is 13.4. The highest BCUT2D eigenvalue weighted by atomic mass is 16.4. The maximum atomic E-state index is 8.77. The normalized spacial score (nSPS) is 12.2. The molecule has 0 aliphatic carbocycles. The summed E-state index contributed by atoms with van der Waals surface area (Å²) in [5.74, 6) is 1.34. The van der Waals surface area contributed by atoms with Crippen LogP contribution in [0.15, 0.2) is 29.9 Å². The first-order chi connectivity index (χ1) is 9.20. The monoisotopic (exact) mass is 258 g/mol. The Morgan fingerprint density at radius 2 is 2.26 bits per heavy atom. The van der Waals surface area contributed by atoms with Crippen LogP contribution in [0, 0.1) is 6.92 Å². The number of rotatable bonds is 2. The zero-order valence-electron chi connectivity index (χ0n) is 9.96. The van der Waals surface area contributed by atoms with Crippen molar-refractivity contribution in [1.82, 2.24) is 29.1 Å². The van der Waals surface area contributed by atoms with Gasteiger partial charge < -0.3 is 10.9 Å². The summed E-state index contributed by atoms with van der Waals surface area (Å²) in [4.78, 5) is 12.3. The highest BCUT2D eigenvalue weighted by Crippen LogP contribution is 2.12. The van der Waals surface area contributed by atoms with Crippen molar-refractivity contribution < 1.29 is 5.21 Å². The molecule has 0 spiro atoms. The second-order valence-corrected chi connectivity index (χ2v) is 3.83. The van der Waals surface area contributed by atoms with Crippen molar-refractivity contribution in [1.29, 1.82) is 0 Å². The molecule has 0 saturated carbocycles. The van der Waals surface area contributed by atoms with E-state index in [1.807, 2.05) is 6.92 Å². The van der Waals surface area contributed by atoms with Crippen LogP contribution in [-0.2, 0) is 0 Å². The fourth-order valence-corrected chi connectivity index (χ4v) is 1.81. The lowest BCUT2D eigenvalue weighted by Crippen LogP contribution is -2.20. The molecule has 9 heteroatoms. The van der Waals surface area contributed by atoms with Gasteiger partial charge in [0, 0.05) is 24.2 Å². The first kappa shape index (κ1) is 11.1. The van der Waals surface area contributed by atoms with E-state index in [4.69, 9.17) is 10.9 Å². The molecule has 3 rings (SSSR count). The van der Waals surface area contributed by atoms with Gasteiger partial charge >= 0.3 is 0 Å². The molecule has 0 bridgehead atoms. The molecule has 0 atom stereocenters. The van der Waals surface area contributed by atoms with Crippen molar-refractivity contribution in [3.05, 3.63) is 36.3 Å². The Balaban J connectivity index is 2.31. The zero-order valence-corrected chi connectivity index (χ0v) is 9.96. The number of hydrogen-bond donors (Lipinski definition) is 2. The molecule has 0 aromatic carbocycles. The summed E-state index contributed by atoms with van der Waals surface area (Å²) in [6.45, 7) is 1.85. The summed E-state index contributed by atoms with van der Waals surface area (Å²) in [5, 5.41) is 15.8. The highest BCUT2D eigenvalue weighted by Gasteiger charge is 2.14. The third kappa shape index (κ3) is 1.68. The predicted molar refractivity (Wildman–Crippen MR) is 65.2 cm³/mol. The van der Waals surface area contributed by atoms with Crippen molar-refractivity contribution in [3.8, 4) is 5.82 Å². The van der Waals surface area contributed by atoms with Crippen LogP contribution in [0.1, 0.15) is 11.5 Å². The molecule has 3 N–H and O–H groups in total. The number of fused-ring (bicyclic) bond motifs is 1. The first-order valence-electron chi connectivity index (χ1n) is 5.39. The molecule has 96 valence electrons. The minimum absolute atomic E-state index is 0.0901. The Morgan fingerprint density at radius 3 is 3.05 bits per heavy atom. The van der Waals surface area contributed by atoms with Crippen molar-refractivity contribution in [2.75, 3.05) is 0 Å². The lowest BCUT2D eigenvalue weighted by molar-refractivity contribution is 0.318. The van der Waals surface area contributed by atoms with Crippen molar-refractivity contribution in [3.63, 3.8) is 0 Å². The van der Waals surface area contributed by atoms with Crippen LogP contribution in [0.5, 0.6) is 0 Å². The minimum atomic E-state index is -0.0901. The van der Waals surface area contributed by atoms with E-state index >= 15 is 0 Å². The van der Waals surface area contributed by atoms with Crippen LogP contribution in [-0.4, -0.2) is 40.2 Å². The topological polar surface area (TPSA) is 120 Å². The first-order valence-corrected chi connectivity index (χ1v) is 5.39. The molecule has 0 aliphatic heterocycles. The number of aryl methyl sites for hydroxylation is 1. The number of nitrogens with two attached hydrogens (primary N) is 1. The van der Waals surface area contributed by atoms with E-state index in [1.54, 1.807) is 27.5 Å². The van der Waals surface area contributed by atoms with Crippen molar-refractivity contribution in [2.45, 2.75) is 6.92 Å². The smallest absolute Gasteiger partial charge is 0.254 e. The molecule has 0 fully saturated rings. The molecule has 0 unspecified atom stereocenters. The highest BCUT2D eigenvalue weighted by molar-refractivity contribution is 5.94. The Labute approximate surface area is 107 Å². The summed E-state index contributed by atoms with van der Waals surface area (Å²) < 4.78 is 3.19. The lowest BCUT2D eigenvalue weighted by Gasteiger charge is -2.08. The average molecular weight is 258 g/mol. The standard InChI is InChI=1S/C10H10N8O/c1-6-4-7(18-10(15-6)13-5-14-18)17-3-2-12-9(17)8(11)16-19/h2-5,19H,1H3,(H2,11,16). The van der Waals surface area contributed by atoms with E-state index in [2.05, 4.69) is 25.2 Å². The summed E-state index contributed by atoms with van der Waals surface area (Å²) in [5.41, 5.74) is 6.36. The van der Waals surface area contributed by atoms with Gasteiger partial charge in [0.05, 0.1) is 0 Å². The quantitative estimate of drug-likeness (QED) is 0.282. The van der Waals surface area contributed by atoms with Crippen LogP contribution >= 0.6 is 0 Å². The molecule has 3 heterocycles. The molecule has 3 aromatic heterocycles. The number of hydrogen-bond acceptors (Lipinski definition) is 6. The number of amidine groups is 1. The third-order valence-electron chi connectivity index (χ3n) is 2.59. The van der Waals surface area contributed by atoms with Gasteiger partial charge in [0.15, 0.2) is 5.82 Å². The molecule has 0 saturated heterocycles. The van der Waals surface area contributed by atoms with Crippen LogP contribution in [0.25, 0.3) is 11.6 Å². The Kier molecular flexibility index (Phi) is 2.37. The molecule has 19 heavy (non-hydrogen) atoms. The molecule has 3 aromatic rings. The van der Waals surface area contributed by atoms with E-state index in [-0.39, 0.29) is 5.84 Å². The summed E-state index contributed by atoms with van der Waals surface area (Å²) in [6, 6.07) is 1.80. The van der Waals surface area contributed by atoms with Gasteiger partial charge in [-0.25, -0.2) is 9.97 Å². The summed E-state index contributed by atoms with van der Waals surface area (Å²) in [6.07, 6.45) is 4.64. The Hall–Kier alpha value is -2.97. The van der Waals surface area contributed by atoms with Crippen LogP contribution in [0.2, 0.25) is 0 Å². The maximum Gasteiger partial charge on any atom is 0.254 e. The molecular formula is C10H10N8O. The number of aromatic nitrogens is 6. The van der Waals surface area contributed by atoms with Gasteiger partial charge in [-0.1, -0.05) is 5.16 Å². The number of nitrogens with zero attached hydrogens (tertiary/aromatic N) is 7. The number of imidazole rings is 1. The predicted octanol–water partition coefficient (Wildman–Crippen LogP) is -0.287. The molecular weight excluding hydrogens is 248 g/mol. The number of oxime groups is 1. The average Bonchev–Trinajstić information content (AvgIpc) is 3.04. The van der Waals surface area contributed by atoms with E-state index in [0.29, 0.717) is 17.4 Å². The van der Waals surface area contributed by atoms with E-state index < -0.39 is 0 Å². The Morgan fingerprint density at radius 1 is 1.42 bits per heavy atom. The van der Waals surface area contributed by atoms with Gasteiger partial charge in [0.1, 0.15) is 12.1 Å². The second kappa shape index (κ2) is 4.05. The van der Waals surface area contributed by atoms with Gasteiger partial charge in [-0.15, -0.1) is 0 Å². The SMILES string of the molecule is Cc1cc(-n2ccnc2C(N)=NO)n2ncnc2n1. The fraction of sp³-hybridized carbons (Fsp3) is 0.100. The Bertz CT molecular complexity index is 771. The molecule has 0 radical (unpaired) electrons. The van der Waals surface area contributed by atoms with E-state index in [1.165, 1.54) is 6.33 Å². The molecule has 0 aliphatic rings. The third-order valence-corrected chi connectivity index (χ3v) is 2.59. The molecule has 0 amide bonds. The second-order valence-electron chi connectivity index (χ2n) is 3.83. The summed E-state index contributed by atoms with van der Waals surface area (Å²) >= 11 is 0. The van der Waals surface area contributed by atoms with Crippen LogP contribution in [0.4, 0.5) is 0 Å². The summed E-state index contributed by atoms with van der Waals surface area (Å²) in [7, 11) is 0. The van der Waals surface area contributed by atoms with Crippen molar-refractivity contribution >= 4 is 11.6 Å². The van der Waals surface area contributed by atoms with Crippen LogP contribution < -0.4 is 5.73 Å². The van der Waals surface area contributed by atoms with Crippen molar-refractivity contribution in [2.24, 2.45) is 10.9 Å². The van der Waals surface area contributed by atoms with E-state index in [9.17, 15) is 0 Å². The van der Waals surface area contributed by atoms with Crippen LogP contribution in [0.3, 0.4) is 0 Å². The van der Waals surface area contributed by atoms with Gasteiger partial charge in [-0.2, -0.15) is 14.6 Å². The largest absolute Gasteiger partial charge is 0.409 e. The van der Waals surface area contributed by atoms with Gasteiger partial charge in [0.25, 0.3) is 5.78 Å².